The van der Waals surface area contributed by atoms with Crippen LogP contribution in [0.25, 0.3) is 0 Å². The van der Waals surface area contributed by atoms with Gasteiger partial charge in [-0.1, -0.05) is 0 Å². The Kier molecular flexibility index (Phi) is 4.55. The second-order valence-corrected chi connectivity index (χ2v) is 6.10. The van der Waals surface area contributed by atoms with Crippen LogP contribution < -0.4 is 0 Å². The molecule has 0 saturated carbocycles. The largest absolute Gasteiger partial charge is 0.389 e. The van der Waals surface area contributed by atoms with Crippen LogP contribution >= 0.6 is 22.6 Å². The van der Waals surface area contributed by atoms with Crippen molar-refractivity contribution in [2.24, 2.45) is 0 Å². The molecule has 94 valence electrons. The van der Waals surface area contributed by atoms with Gasteiger partial charge in [0.25, 0.3) is 5.91 Å². The van der Waals surface area contributed by atoms with E-state index in [0.29, 0.717) is 12.1 Å². The highest BCUT2D eigenvalue weighted by molar-refractivity contribution is 14.1. The van der Waals surface area contributed by atoms with Gasteiger partial charge in [0.2, 0.25) is 0 Å². The first kappa shape index (κ1) is 14.4. The molecule has 1 aromatic carbocycles. The zero-order chi connectivity index (χ0) is 13.2. The van der Waals surface area contributed by atoms with Crippen LogP contribution in [0.1, 0.15) is 29.8 Å². The number of amides is 1. The number of benzene rings is 1. The van der Waals surface area contributed by atoms with Crippen molar-refractivity contribution in [3.05, 3.63) is 32.9 Å². The van der Waals surface area contributed by atoms with Gasteiger partial charge in [-0.15, -0.1) is 0 Å². The number of nitrogens with zero attached hydrogens (tertiary/aromatic N) is 1. The number of hydrogen-bond acceptors (Lipinski definition) is 2. The normalized spacial score (nSPS) is 11.4. The summed E-state index contributed by atoms with van der Waals surface area (Å²) in [5.74, 6) is -0.0633. The SMILES string of the molecule is Cc1cc(C(=O)N(C)CC(C)(C)O)ccc1I. The predicted octanol–water partition coefficient (Wildman–Crippen LogP) is 2.44. The lowest BCUT2D eigenvalue weighted by molar-refractivity contribution is 0.0368. The van der Waals surface area contributed by atoms with Gasteiger partial charge in [0, 0.05) is 22.7 Å². The van der Waals surface area contributed by atoms with Crippen LogP contribution in [0.15, 0.2) is 18.2 Å². The van der Waals surface area contributed by atoms with Crippen LogP contribution in [0.3, 0.4) is 0 Å². The highest BCUT2D eigenvalue weighted by Crippen LogP contribution is 2.15. The molecular weight excluding hydrogens is 329 g/mol. The van der Waals surface area contributed by atoms with Gasteiger partial charge >= 0.3 is 0 Å². The summed E-state index contributed by atoms with van der Waals surface area (Å²) >= 11 is 2.24. The van der Waals surface area contributed by atoms with Crippen LogP contribution in [-0.4, -0.2) is 35.1 Å². The second kappa shape index (κ2) is 5.35. The first-order chi connectivity index (χ1) is 7.70. The number of carbonyl (C=O) groups excluding carboxylic acids is 1. The third-order valence-electron chi connectivity index (χ3n) is 2.38. The first-order valence-electron chi connectivity index (χ1n) is 5.45. The molecule has 0 aliphatic carbocycles. The molecule has 4 heteroatoms. The molecular formula is C13H18INO2. The van der Waals surface area contributed by atoms with Gasteiger partial charge in [-0.3, -0.25) is 4.79 Å². The Hall–Kier alpha value is -0.620. The lowest BCUT2D eigenvalue weighted by Crippen LogP contribution is -2.39. The van der Waals surface area contributed by atoms with Crippen molar-refractivity contribution in [3.63, 3.8) is 0 Å². The van der Waals surface area contributed by atoms with Crippen molar-refractivity contribution in [3.8, 4) is 0 Å². The van der Waals surface area contributed by atoms with Gasteiger partial charge in [-0.2, -0.15) is 0 Å². The van der Waals surface area contributed by atoms with Crippen molar-refractivity contribution < 1.29 is 9.90 Å². The summed E-state index contributed by atoms with van der Waals surface area (Å²) in [5, 5.41) is 9.69. The fraction of sp³-hybridized carbons (Fsp3) is 0.462. The third kappa shape index (κ3) is 4.27. The number of aryl methyl sites for hydroxylation is 1. The van der Waals surface area contributed by atoms with E-state index in [1.807, 2.05) is 25.1 Å². The van der Waals surface area contributed by atoms with Crippen molar-refractivity contribution in [2.45, 2.75) is 26.4 Å². The van der Waals surface area contributed by atoms with Gasteiger partial charge < -0.3 is 10.0 Å². The molecule has 0 bridgehead atoms. The summed E-state index contributed by atoms with van der Waals surface area (Å²) in [7, 11) is 1.70. The van der Waals surface area contributed by atoms with Gasteiger partial charge in [-0.05, 0) is 67.1 Å². The Bertz CT molecular complexity index is 424. The molecule has 0 saturated heterocycles. The Morgan fingerprint density at radius 2 is 2.06 bits per heavy atom. The van der Waals surface area contributed by atoms with Crippen molar-refractivity contribution >= 4 is 28.5 Å². The van der Waals surface area contributed by atoms with Crippen LogP contribution in [0.2, 0.25) is 0 Å². The zero-order valence-electron chi connectivity index (χ0n) is 10.6. The average Bonchev–Trinajstić information content (AvgIpc) is 2.18. The van der Waals surface area contributed by atoms with E-state index < -0.39 is 5.60 Å². The Labute approximate surface area is 116 Å². The Morgan fingerprint density at radius 3 is 2.53 bits per heavy atom. The topological polar surface area (TPSA) is 40.5 Å². The van der Waals surface area contributed by atoms with Crippen molar-refractivity contribution in [2.75, 3.05) is 13.6 Å². The molecule has 0 fully saturated rings. The molecule has 0 radical (unpaired) electrons. The smallest absolute Gasteiger partial charge is 0.253 e. The van der Waals surface area contributed by atoms with Crippen LogP contribution in [0.5, 0.6) is 0 Å². The second-order valence-electron chi connectivity index (χ2n) is 4.94. The van der Waals surface area contributed by atoms with E-state index in [0.717, 1.165) is 9.13 Å². The molecule has 3 nitrogen and oxygen atoms in total. The highest BCUT2D eigenvalue weighted by atomic mass is 127. The molecule has 0 heterocycles. The first-order valence-corrected chi connectivity index (χ1v) is 6.52. The summed E-state index contributed by atoms with van der Waals surface area (Å²) in [5.41, 5.74) is 0.880. The molecule has 0 atom stereocenters. The van der Waals surface area contributed by atoms with Crippen molar-refractivity contribution in [1.82, 2.24) is 4.90 Å². The molecule has 0 aliphatic heterocycles. The highest BCUT2D eigenvalue weighted by Gasteiger charge is 2.20. The van der Waals surface area contributed by atoms with Crippen LogP contribution in [0.4, 0.5) is 0 Å². The van der Waals surface area contributed by atoms with Gasteiger partial charge in [0.05, 0.1) is 5.60 Å². The number of rotatable bonds is 3. The van der Waals surface area contributed by atoms with Gasteiger partial charge in [-0.25, -0.2) is 0 Å². The van der Waals surface area contributed by atoms with Gasteiger partial charge in [0.1, 0.15) is 0 Å². The van der Waals surface area contributed by atoms with E-state index in [1.165, 1.54) is 0 Å². The van der Waals surface area contributed by atoms with E-state index >= 15 is 0 Å². The molecule has 1 N–H and O–H groups in total. The van der Waals surface area contributed by atoms with Crippen molar-refractivity contribution in [1.29, 1.82) is 0 Å². The lowest BCUT2D eigenvalue weighted by atomic mass is 10.1. The molecule has 0 aromatic heterocycles. The number of carbonyl (C=O) groups is 1. The quantitative estimate of drug-likeness (QED) is 0.854. The zero-order valence-corrected chi connectivity index (χ0v) is 12.8. The summed E-state index contributed by atoms with van der Waals surface area (Å²) < 4.78 is 1.14. The standard InChI is InChI=1S/C13H18INO2/c1-9-7-10(5-6-11(9)14)12(16)15(4)8-13(2,3)17/h5-7,17H,8H2,1-4H3. The molecule has 1 aromatic rings. The third-order valence-corrected chi connectivity index (χ3v) is 3.59. The van der Waals surface area contributed by atoms with Crippen LogP contribution in [0, 0.1) is 10.5 Å². The molecule has 1 amide bonds. The monoisotopic (exact) mass is 347 g/mol. The lowest BCUT2D eigenvalue weighted by Gasteiger charge is -2.25. The number of hydrogen-bond donors (Lipinski definition) is 1. The molecule has 0 unspecified atom stereocenters. The summed E-state index contributed by atoms with van der Waals surface area (Å²) in [6.45, 7) is 5.68. The van der Waals surface area contributed by atoms with Crippen LogP contribution in [-0.2, 0) is 0 Å². The fourth-order valence-electron chi connectivity index (χ4n) is 1.65. The number of likely N-dealkylation sites (N-methyl/N-ethyl adjacent to an activating group) is 1. The maximum atomic E-state index is 12.1. The predicted molar refractivity (Wildman–Crippen MR) is 77.2 cm³/mol. The number of aliphatic hydroxyl groups is 1. The maximum Gasteiger partial charge on any atom is 0.253 e. The minimum Gasteiger partial charge on any atom is -0.389 e. The summed E-state index contributed by atoms with van der Waals surface area (Å²) in [4.78, 5) is 13.6. The number of halogens is 1. The minimum atomic E-state index is -0.872. The molecule has 0 aliphatic rings. The van der Waals surface area contributed by atoms with E-state index in [-0.39, 0.29) is 5.91 Å². The van der Waals surface area contributed by atoms with E-state index in [2.05, 4.69) is 22.6 Å². The van der Waals surface area contributed by atoms with Gasteiger partial charge in [0.15, 0.2) is 0 Å². The minimum absolute atomic E-state index is 0.0633. The Morgan fingerprint density at radius 1 is 1.47 bits per heavy atom. The van der Waals surface area contributed by atoms with E-state index in [9.17, 15) is 9.90 Å². The average molecular weight is 347 g/mol. The molecule has 0 spiro atoms. The summed E-state index contributed by atoms with van der Waals surface area (Å²) in [6, 6.07) is 5.63. The summed E-state index contributed by atoms with van der Waals surface area (Å²) in [6.07, 6.45) is 0. The fourth-order valence-corrected chi connectivity index (χ4v) is 1.99. The van der Waals surface area contributed by atoms with E-state index in [4.69, 9.17) is 0 Å². The molecule has 17 heavy (non-hydrogen) atoms. The van der Waals surface area contributed by atoms with E-state index in [1.54, 1.807) is 25.8 Å². The Balaban J connectivity index is 2.85. The molecule has 1 rings (SSSR count). The maximum absolute atomic E-state index is 12.1.